The third-order valence-electron chi connectivity index (χ3n) is 3.66. The van der Waals surface area contributed by atoms with Gasteiger partial charge >= 0.3 is 0 Å². The largest absolute Gasteiger partial charge is 0.337 e. The lowest BCUT2D eigenvalue weighted by molar-refractivity contribution is 0.333. The minimum absolute atomic E-state index is 0.899. The molecule has 0 bridgehead atoms. The van der Waals surface area contributed by atoms with Crippen LogP contribution in [-0.4, -0.2) is 16.1 Å². The van der Waals surface area contributed by atoms with E-state index < -0.39 is 0 Å². The smallest absolute Gasteiger partial charge is 0.122 e. The number of nitrogens with zero attached hydrogens (tertiary/aromatic N) is 2. The van der Waals surface area contributed by atoms with Crippen LogP contribution in [0.1, 0.15) is 44.3 Å². The summed E-state index contributed by atoms with van der Waals surface area (Å²) >= 11 is 0. The summed E-state index contributed by atoms with van der Waals surface area (Å²) in [6.45, 7) is 2.04. The molecule has 3 heteroatoms. The van der Waals surface area contributed by atoms with Gasteiger partial charge in [0.2, 0.25) is 0 Å². The van der Waals surface area contributed by atoms with Crippen LogP contribution in [0, 0.1) is 5.92 Å². The zero-order valence-corrected chi connectivity index (χ0v) is 10.3. The van der Waals surface area contributed by atoms with Crippen LogP contribution in [0.4, 0.5) is 0 Å². The summed E-state index contributed by atoms with van der Waals surface area (Å²) in [5, 5.41) is 3.49. The van der Waals surface area contributed by atoms with Crippen molar-refractivity contribution in [1.82, 2.24) is 14.9 Å². The Bertz CT molecular complexity index is 300. The van der Waals surface area contributed by atoms with Gasteiger partial charge in [-0.15, -0.1) is 0 Å². The first kappa shape index (κ1) is 11.6. The van der Waals surface area contributed by atoms with Gasteiger partial charge in [0.15, 0.2) is 0 Å². The van der Waals surface area contributed by atoms with Crippen molar-refractivity contribution < 1.29 is 0 Å². The number of hydrogen-bond donors (Lipinski definition) is 1. The first-order valence-electron chi connectivity index (χ1n) is 6.53. The van der Waals surface area contributed by atoms with Gasteiger partial charge in [-0.3, -0.25) is 0 Å². The van der Waals surface area contributed by atoms with Gasteiger partial charge in [-0.2, -0.15) is 0 Å². The normalized spacial score (nSPS) is 17.8. The van der Waals surface area contributed by atoms with Crippen molar-refractivity contribution in [2.45, 2.75) is 45.1 Å². The first-order chi connectivity index (χ1) is 7.86. The summed E-state index contributed by atoms with van der Waals surface area (Å²) in [5.74, 6) is 2.10. The lowest BCUT2D eigenvalue weighted by Gasteiger charge is -2.21. The second-order valence-corrected chi connectivity index (χ2v) is 4.92. The summed E-state index contributed by atoms with van der Waals surface area (Å²) in [4.78, 5) is 4.30. The number of nitrogens with one attached hydrogen (secondary N) is 1. The lowest BCUT2D eigenvalue weighted by atomic mass is 9.87. The average Bonchev–Trinajstić information content (AvgIpc) is 2.72. The molecule has 0 atom stereocenters. The molecule has 0 aliphatic heterocycles. The Balaban J connectivity index is 1.59. The fourth-order valence-corrected chi connectivity index (χ4v) is 2.55. The van der Waals surface area contributed by atoms with Crippen molar-refractivity contribution in [3.05, 3.63) is 18.2 Å². The van der Waals surface area contributed by atoms with E-state index in [2.05, 4.69) is 14.9 Å². The quantitative estimate of drug-likeness (QED) is 0.774. The minimum Gasteiger partial charge on any atom is -0.337 e. The number of hydrogen-bond acceptors (Lipinski definition) is 2. The van der Waals surface area contributed by atoms with E-state index in [9.17, 15) is 0 Å². The Morgan fingerprint density at radius 1 is 1.38 bits per heavy atom. The fourth-order valence-electron chi connectivity index (χ4n) is 2.55. The van der Waals surface area contributed by atoms with E-state index in [1.54, 1.807) is 0 Å². The molecule has 0 spiro atoms. The maximum atomic E-state index is 4.30. The molecule has 0 amide bonds. The van der Waals surface area contributed by atoms with Gasteiger partial charge in [0.05, 0.1) is 6.54 Å². The molecule has 1 N–H and O–H groups in total. The van der Waals surface area contributed by atoms with Crippen LogP contribution in [0.5, 0.6) is 0 Å². The van der Waals surface area contributed by atoms with Crippen molar-refractivity contribution in [2.24, 2.45) is 13.0 Å². The monoisotopic (exact) mass is 221 g/mol. The highest BCUT2D eigenvalue weighted by molar-refractivity contribution is 4.90. The maximum Gasteiger partial charge on any atom is 0.122 e. The van der Waals surface area contributed by atoms with Crippen molar-refractivity contribution in [1.29, 1.82) is 0 Å². The molecule has 0 unspecified atom stereocenters. The van der Waals surface area contributed by atoms with Crippen LogP contribution >= 0.6 is 0 Å². The summed E-state index contributed by atoms with van der Waals surface area (Å²) < 4.78 is 2.08. The van der Waals surface area contributed by atoms with Gasteiger partial charge in [-0.05, 0) is 18.9 Å². The van der Waals surface area contributed by atoms with Crippen LogP contribution in [0.25, 0.3) is 0 Å². The molecule has 90 valence electrons. The Morgan fingerprint density at radius 2 is 2.19 bits per heavy atom. The highest BCUT2D eigenvalue weighted by atomic mass is 15.1. The molecule has 1 fully saturated rings. The SMILES string of the molecule is Cn1ccnc1CNCCC1CCCCC1. The van der Waals surface area contributed by atoms with E-state index in [0.29, 0.717) is 0 Å². The topological polar surface area (TPSA) is 29.9 Å². The molecular formula is C13H23N3. The molecule has 1 aliphatic rings. The Labute approximate surface area is 98.3 Å². The van der Waals surface area contributed by atoms with Crippen LogP contribution in [-0.2, 0) is 13.6 Å². The number of rotatable bonds is 5. The molecule has 1 aliphatic carbocycles. The van der Waals surface area contributed by atoms with Crippen LogP contribution < -0.4 is 5.32 Å². The average molecular weight is 221 g/mol. The molecule has 1 aromatic heterocycles. The predicted molar refractivity (Wildman–Crippen MR) is 66.1 cm³/mol. The molecule has 0 saturated heterocycles. The van der Waals surface area contributed by atoms with E-state index in [1.807, 2.05) is 19.4 Å². The molecule has 2 rings (SSSR count). The van der Waals surface area contributed by atoms with E-state index in [-0.39, 0.29) is 0 Å². The van der Waals surface area contributed by atoms with E-state index in [1.165, 1.54) is 38.5 Å². The second kappa shape index (κ2) is 6.04. The number of imidazole rings is 1. The molecule has 1 saturated carbocycles. The zero-order chi connectivity index (χ0) is 11.2. The highest BCUT2D eigenvalue weighted by Crippen LogP contribution is 2.25. The third kappa shape index (κ3) is 3.34. The van der Waals surface area contributed by atoms with Crippen LogP contribution in [0.15, 0.2) is 12.4 Å². The standard InChI is InChI=1S/C13H23N3/c1-16-10-9-15-13(16)11-14-8-7-12-5-3-2-4-6-12/h9-10,12,14H,2-8,11H2,1H3. The molecule has 3 nitrogen and oxygen atoms in total. The third-order valence-corrected chi connectivity index (χ3v) is 3.66. The Hall–Kier alpha value is -0.830. The Morgan fingerprint density at radius 3 is 2.88 bits per heavy atom. The van der Waals surface area contributed by atoms with Crippen molar-refractivity contribution in [2.75, 3.05) is 6.54 Å². The molecule has 16 heavy (non-hydrogen) atoms. The van der Waals surface area contributed by atoms with Gasteiger partial charge in [0.25, 0.3) is 0 Å². The first-order valence-corrected chi connectivity index (χ1v) is 6.53. The molecular weight excluding hydrogens is 198 g/mol. The maximum absolute atomic E-state index is 4.30. The van der Waals surface area contributed by atoms with Gasteiger partial charge in [0.1, 0.15) is 5.82 Å². The van der Waals surface area contributed by atoms with E-state index >= 15 is 0 Å². The van der Waals surface area contributed by atoms with Crippen molar-refractivity contribution >= 4 is 0 Å². The van der Waals surface area contributed by atoms with Gasteiger partial charge in [-0.25, -0.2) is 4.98 Å². The van der Waals surface area contributed by atoms with Gasteiger partial charge < -0.3 is 9.88 Å². The summed E-state index contributed by atoms with van der Waals surface area (Å²) in [6, 6.07) is 0. The highest BCUT2D eigenvalue weighted by Gasteiger charge is 2.12. The number of aryl methyl sites for hydroxylation is 1. The lowest BCUT2D eigenvalue weighted by Crippen LogP contribution is -2.20. The second-order valence-electron chi connectivity index (χ2n) is 4.92. The van der Waals surface area contributed by atoms with Crippen LogP contribution in [0.2, 0.25) is 0 Å². The molecule has 0 radical (unpaired) electrons. The summed E-state index contributed by atoms with van der Waals surface area (Å²) in [6.07, 6.45) is 12.4. The van der Waals surface area contributed by atoms with Gasteiger partial charge in [0, 0.05) is 19.4 Å². The van der Waals surface area contributed by atoms with E-state index in [4.69, 9.17) is 0 Å². The Kier molecular flexibility index (Phi) is 4.40. The predicted octanol–water partition coefficient (Wildman–Crippen LogP) is 2.48. The van der Waals surface area contributed by atoms with E-state index in [0.717, 1.165) is 24.8 Å². The summed E-state index contributed by atoms with van der Waals surface area (Å²) in [5.41, 5.74) is 0. The zero-order valence-electron chi connectivity index (χ0n) is 10.3. The molecule has 0 aromatic carbocycles. The van der Waals surface area contributed by atoms with Gasteiger partial charge in [-0.1, -0.05) is 32.1 Å². The van der Waals surface area contributed by atoms with Crippen molar-refractivity contribution in [3.63, 3.8) is 0 Å². The molecule has 1 aromatic rings. The van der Waals surface area contributed by atoms with Crippen molar-refractivity contribution in [3.8, 4) is 0 Å². The molecule has 1 heterocycles. The summed E-state index contributed by atoms with van der Waals surface area (Å²) in [7, 11) is 2.05. The van der Waals surface area contributed by atoms with Crippen LogP contribution in [0.3, 0.4) is 0 Å². The minimum atomic E-state index is 0.899. The fraction of sp³-hybridized carbons (Fsp3) is 0.769. The number of aromatic nitrogens is 2.